The Balaban J connectivity index is 1.83. The van der Waals surface area contributed by atoms with Crippen LogP contribution < -0.4 is 0 Å². The van der Waals surface area contributed by atoms with Crippen molar-refractivity contribution in [1.29, 1.82) is 0 Å². The van der Waals surface area contributed by atoms with E-state index in [-0.39, 0.29) is 47.3 Å². The smallest absolute Gasteiger partial charge is 0.315 e. The van der Waals surface area contributed by atoms with Crippen LogP contribution in [0.2, 0.25) is 18.1 Å². The first-order valence-corrected chi connectivity index (χ1v) is 15.3. The minimum absolute atomic E-state index is 0.0204. The average Bonchev–Trinajstić information content (AvgIpc) is 3.22. The normalized spacial score (nSPS) is 45.2. The molecule has 4 aliphatic carbocycles. The molecule has 0 saturated heterocycles. The fourth-order valence-electron chi connectivity index (χ4n) is 8.32. The van der Waals surface area contributed by atoms with Crippen molar-refractivity contribution in [2.75, 3.05) is 6.61 Å². The number of aliphatic carboxylic acids is 1. The number of carboxylic acid groups (broad SMARTS) is 1. The predicted octanol–water partition coefficient (Wildman–Crippen LogP) is 4.90. The van der Waals surface area contributed by atoms with E-state index in [1.54, 1.807) is 0 Å². The number of carbonyl (C=O) groups excluding carboxylic acids is 1. The molecule has 0 spiro atoms. The SMILES string of the molecule is CC(C)C1=C[C@H]2C[C@]3(C=O)C4CC(O[Si](C)(C)C(C)(C)C)C(C)C4C[C@@]2(CO)[C@]13C(=O)O. The summed E-state index contributed by atoms with van der Waals surface area (Å²) in [7, 11) is -2.01. The molecule has 0 aromatic heterocycles. The van der Waals surface area contributed by atoms with E-state index < -0.39 is 30.5 Å². The van der Waals surface area contributed by atoms with E-state index >= 15 is 0 Å². The molecule has 0 radical (unpaired) electrons. The summed E-state index contributed by atoms with van der Waals surface area (Å²) in [5, 5.41) is 21.7. The second-order valence-corrected chi connectivity index (χ2v) is 17.9. The zero-order chi connectivity index (χ0) is 24.1. The van der Waals surface area contributed by atoms with Crippen molar-refractivity contribution < 1.29 is 24.2 Å². The Morgan fingerprint density at radius 3 is 2.41 bits per heavy atom. The summed E-state index contributed by atoms with van der Waals surface area (Å²) in [5.74, 6) is -0.531. The second-order valence-electron chi connectivity index (χ2n) is 13.1. The predicted molar refractivity (Wildman–Crippen MR) is 127 cm³/mol. The van der Waals surface area contributed by atoms with Gasteiger partial charge in [-0.1, -0.05) is 53.2 Å². The lowest BCUT2D eigenvalue weighted by Crippen LogP contribution is -2.63. The van der Waals surface area contributed by atoms with Gasteiger partial charge in [0.15, 0.2) is 8.32 Å². The van der Waals surface area contributed by atoms with Crippen molar-refractivity contribution in [2.45, 2.75) is 85.0 Å². The van der Waals surface area contributed by atoms with Crippen LogP contribution in [0, 0.1) is 45.8 Å². The van der Waals surface area contributed by atoms with Crippen molar-refractivity contribution in [3.05, 3.63) is 11.6 Å². The van der Waals surface area contributed by atoms with Crippen molar-refractivity contribution >= 4 is 20.6 Å². The van der Waals surface area contributed by atoms with Gasteiger partial charge in [-0.3, -0.25) is 4.79 Å². The van der Waals surface area contributed by atoms with Crippen LogP contribution in [-0.4, -0.2) is 43.5 Å². The van der Waals surface area contributed by atoms with Crippen LogP contribution in [0.4, 0.5) is 0 Å². The molecular formula is C26H42O5Si. The van der Waals surface area contributed by atoms with Crippen molar-refractivity contribution in [1.82, 2.24) is 0 Å². The summed E-state index contributed by atoms with van der Waals surface area (Å²) in [6.45, 7) is 17.3. The number of carbonyl (C=O) groups is 2. The summed E-state index contributed by atoms with van der Waals surface area (Å²) in [6.07, 6.45) is 5.09. The van der Waals surface area contributed by atoms with Gasteiger partial charge in [-0.05, 0) is 67.0 Å². The molecule has 0 amide bonds. The number of allylic oxidation sites excluding steroid dienone is 1. The Morgan fingerprint density at radius 2 is 1.94 bits per heavy atom. The Bertz CT molecular complexity index is 857. The monoisotopic (exact) mass is 462 g/mol. The Morgan fingerprint density at radius 1 is 1.31 bits per heavy atom. The number of rotatable bonds is 6. The second kappa shape index (κ2) is 7.02. The summed E-state index contributed by atoms with van der Waals surface area (Å²) in [6, 6.07) is 0. The molecule has 32 heavy (non-hydrogen) atoms. The standard InChI is InChI=1S/C26H42O5Si/c1-15(2)19-9-17-11-25(14-28)20-10-21(31-32(7,8)23(4,5)6)16(3)18(20)12-24(17,13-27)26(19,25)22(29)30/h9,14-18,20-21,27H,10-13H2,1-8H3,(H,29,30)/t16?,17-,18?,20?,21?,24-,25-,26+/m0/s1. The third-order valence-corrected chi connectivity index (χ3v) is 15.2. The molecular weight excluding hydrogens is 420 g/mol. The highest BCUT2D eigenvalue weighted by atomic mass is 28.4. The third kappa shape index (κ3) is 2.52. The molecule has 0 aliphatic heterocycles. The third-order valence-electron chi connectivity index (χ3n) is 10.7. The molecule has 3 fully saturated rings. The van der Waals surface area contributed by atoms with Gasteiger partial charge < -0.3 is 19.4 Å². The van der Waals surface area contributed by atoms with Gasteiger partial charge in [-0.25, -0.2) is 0 Å². The number of aldehydes is 1. The molecule has 180 valence electrons. The van der Waals surface area contributed by atoms with Gasteiger partial charge in [-0.15, -0.1) is 0 Å². The van der Waals surface area contributed by atoms with Crippen LogP contribution in [0.3, 0.4) is 0 Å². The molecule has 8 atom stereocenters. The molecule has 4 aliphatic rings. The highest BCUT2D eigenvalue weighted by molar-refractivity contribution is 6.74. The van der Waals surface area contributed by atoms with Crippen LogP contribution in [0.5, 0.6) is 0 Å². The number of aliphatic hydroxyl groups excluding tert-OH is 1. The first kappa shape index (κ1) is 24.2. The van der Waals surface area contributed by atoms with Gasteiger partial charge in [0.1, 0.15) is 11.7 Å². The lowest BCUT2D eigenvalue weighted by Gasteiger charge is -2.57. The quantitative estimate of drug-likeness (QED) is 0.333. The molecule has 2 N–H and O–H groups in total. The van der Waals surface area contributed by atoms with E-state index in [0.29, 0.717) is 12.8 Å². The molecule has 6 heteroatoms. The van der Waals surface area contributed by atoms with Gasteiger partial charge in [-0.2, -0.15) is 0 Å². The van der Waals surface area contributed by atoms with Gasteiger partial charge in [0.25, 0.3) is 0 Å². The van der Waals surface area contributed by atoms with Crippen LogP contribution in [0.25, 0.3) is 0 Å². The summed E-state index contributed by atoms with van der Waals surface area (Å²) >= 11 is 0. The molecule has 4 bridgehead atoms. The molecule has 3 saturated carbocycles. The fraction of sp³-hybridized carbons (Fsp3) is 0.846. The Hall–Kier alpha value is -0.983. The first-order chi connectivity index (χ1) is 14.7. The lowest BCUT2D eigenvalue weighted by molar-refractivity contribution is -0.184. The highest BCUT2D eigenvalue weighted by Crippen LogP contribution is 2.82. The highest BCUT2D eigenvalue weighted by Gasteiger charge is 2.84. The molecule has 5 nitrogen and oxygen atoms in total. The van der Waals surface area contributed by atoms with E-state index in [4.69, 9.17) is 4.43 Å². The maximum absolute atomic E-state index is 13.2. The van der Waals surface area contributed by atoms with E-state index in [9.17, 15) is 19.8 Å². The molecule has 0 aromatic carbocycles. The summed E-state index contributed by atoms with van der Waals surface area (Å²) in [4.78, 5) is 26.3. The van der Waals surface area contributed by atoms with E-state index in [2.05, 4.69) is 46.9 Å². The fourth-order valence-corrected chi connectivity index (χ4v) is 9.74. The van der Waals surface area contributed by atoms with Gasteiger partial charge in [0.05, 0.1) is 12.0 Å². The van der Waals surface area contributed by atoms with E-state index in [1.165, 1.54) is 0 Å². The molecule has 0 aromatic rings. The summed E-state index contributed by atoms with van der Waals surface area (Å²) < 4.78 is 6.88. The van der Waals surface area contributed by atoms with Gasteiger partial charge >= 0.3 is 5.97 Å². The Kier molecular flexibility index (Phi) is 5.30. The van der Waals surface area contributed by atoms with Crippen LogP contribution >= 0.6 is 0 Å². The van der Waals surface area contributed by atoms with Crippen molar-refractivity contribution in [3.8, 4) is 0 Å². The van der Waals surface area contributed by atoms with Gasteiger partial charge in [0, 0.05) is 11.5 Å². The van der Waals surface area contributed by atoms with Crippen LogP contribution in [-0.2, 0) is 14.0 Å². The largest absolute Gasteiger partial charge is 0.481 e. The zero-order valence-electron chi connectivity index (χ0n) is 21.1. The Labute approximate surface area is 194 Å². The van der Waals surface area contributed by atoms with E-state index in [0.717, 1.165) is 18.3 Å². The number of fused-ring (bicyclic) bond motifs is 2. The maximum Gasteiger partial charge on any atom is 0.315 e. The zero-order valence-corrected chi connectivity index (χ0v) is 22.1. The number of aliphatic hydroxyl groups is 1. The topological polar surface area (TPSA) is 83.8 Å². The lowest BCUT2D eigenvalue weighted by atomic mass is 9.43. The molecule has 4 rings (SSSR count). The van der Waals surface area contributed by atoms with Crippen LogP contribution in [0.15, 0.2) is 11.6 Å². The number of hydrogen-bond acceptors (Lipinski definition) is 4. The van der Waals surface area contributed by atoms with Gasteiger partial charge in [0.2, 0.25) is 0 Å². The van der Waals surface area contributed by atoms with E-state index in [1.807, 2.05) is 13.8 Å². The number of carboxylic acids is 1. The maximum atomic E-state index is 13.2. The van der Waals surface area contributed by atoms with Crippen molar-refractivity contribution in [3.63, 3.8) is 0 Å². The van der Waals surface area contributed by atoms with Crippen molar-refractivity contribution in [2.24, 2.45) is 45.8 Å². The molecule has 4 unspecified atom stereocenters. The minimum Gasteiger partial charge on any atom is -0.481 e. The van der Waals surface area contributed by atoms with Crippen LogP contribution in [0.1, 0.15) is 60.8 Å². The first-order valence-electron chi connectivity index (χ1n) is 12.4. The minimum atomic E-state index is -2.01. The average molecular weight is 463 g/mol. The number of hydrogen-bond donors (Lipinski definition) is 2. The molecule has 0 heterocycles. The summed E-state index contributed by atoms with van der Waals surface area (Å²) in [5.41, 5.74) is -2.20.